The SMILES string of the molecule is CCCOc1ccc(C(C)NC(=O)COc2cccc(C)c2)cc1OC. The van der Waals surface area contributed by atoms with Crippen molar-refractivity contribution in [1.29, 1.82) is 0 Å². The van der Waals surface area contributed by atoms with Crippen LogP contribution in [0.25, 0.3) is 0 Å². The fourth-order valence-corrected chi connectivity index (χ4v) is 2.51. The molecule has 0 bridgehead atoms. The number of carbonyl (C=O) groups excluding carboxylic acids is 1. The van der Waals surface area contributed by atoms with Crippen molar-refractivity contribution in [1.82, 2.24) is 5.32 Å². The van der Waals surface area contributed by atoms with Crippen LogP contribution >= 0.6 is 0 Å². The summed E-state index contributed by atoms with van der Waals surface area (Å²) in [4.78, 5) is 12.2. The van der Waals surface area contributed by atoms with Crippen LogP contribution in [0.2, 0.25) is 0 Å². The van der Waals surface area contributed by atoms with Crippen LogP contribution in [0.3, 0.4) is 0 Å². The summed E-state index contributed by atoms with van der Waals surface area (Å²) >= 11 is 0. The Kier molecular flexibility index (Phi) is 7.33. The van der Waals surface area contributed by atoms with E-state index in [0.717, 1.165) is 17.5 Å². The van der Waals surface area contributed by atoms with Gasteiger partial charge in [-0.3, -0.25) is 4.79 Å². The summed E-state index contributed by atoms with van der Waals surface area (Å²) in [6.07, 6.45) is 0.929. The van der Waals surface area contributed by atoms with Crippen LogP contribution < -0.4 is 19.5 Å². The third-order valence-electron chi connectivity index (χ3n) is 3.89. The van der Waals surface area contributed by atoms with Gasteiger partial charge in [-0.25, -0.2) is 0 Å². The van der Waals surface area contributed by atoms with Gasteiger partial charge in [0.05, 0.1) is 19.8 Å². The lowest BCUT2D eigenvalue weighted by Gasteiger charge is -2.17. The van der Waals surface area contributed by atoms with Crippen LogP contribution in [0.1, 0.15) is 37.4 Å². The molecule has 0 saturated carbocycles. The third-order valence-corrected chi connectivity index (χ3v) is 3.89. The van der Waals surface area contributed by atoms with Gasteiger partial charge in [-0.15, -0.1) is 0 Å². The number of hydrogen-bond acceptors (Lipinski definition) is 4. The molecular weight excluding hydrogens is 330 g/mol. The van der Waals surface area contributed by atoms with Crippen LogP contribution in [0.15, 0.2) is 42.5 Å². The summed E-state index contributed by atoms with van der Waals surface area (Å²) in [5, 5.41) is 2.93. The average molecular weight is 357 g/mol. The van der Waals surface area contributed by atoms with Gasteiger partial charge in [-0.2, -0.15) is 0 Å². The smallest absolute Gasteiger partial charge is 0.258 e. The predicted molar refractivity (Wildman–Crippen MR) is 102 cm³/mol. The minimum absolute atomic E-state index is 0.0252. The maximum Gasteiger partial charge on any atom is 0.258 e. The van der Waals surface area contributed by atoms with Gasteiger partial charge in [-0.05, 0) is 55.7 Å². The van der Waals surface area contributed by atoms with Crippen LogP contribution in [0.5, 0.6) is 17.2 Å². The number of methoxy groups -OCH3 is 1. The molecule has 2 aromatic rings. The van der Waals surface area contributed by atoms with Crippen molar-refractivity contribution in [3.05, 3.63) is 53.6 Å². The maximum absolute atomic E-state index is 12.2. The molecule has 2 rings (SSSR count). The Balaban J connectivity index is 1.93. The molecule has 2 aromatic carbocycles. The first-order valence-corrected chi connectivity index (χ1v) is 8.83. The molecule has 0 heterocycles. The molecule has 0 aliphatic heterocycles. The average Bonchev–Trinajstić information content (AvgIpc) is 2.64. The van der Waals surface area contributed by atoms with E-state index in [1.54, 1.807) is 7.11 Å². The van der Waals surface area contributed by atoms with Crippen LogP contribution in [-0.4, -0.2) is 26.2 Å². The lowest BCUT2D eigenvalue weighted by molar-refractivity contribution is -0.123. The van der Waals surface area contributed by atoms with Gasteiger partial charge in [0.2, 0.25) is 0 Å². The van der Waals surface area contributed by atoms with E-state index in [4.69, 9.17) is 14.2 Å². The fourth-order valence-electron chi connectivity index (χ4n) is 2.51. The van der Waals surface area contributed by atoms with E-state index in [1.165, 1.54) is 0 Å². The van der Waals surface area contributed by atoms with E-state index in [9.17, 15) is 4.79 Å². The molecular formula is C21H27NO4. The Morgan fingerprint density at radius 3 is 2.62 bits per heavy atom. The molecule has 1 N–H and O–H groups in total. The summed E-state index contributed by atoms with van der Waals surface area (Å²) in [5.41, 5.74) is 2.03. The van der Waals surface area contributed by atoms with Gasteiger partial charge in [0, 0.05) is 0 Å². The number of aryl methyl sites for hydroxylation is 1. The molecule has 0 saturated heterocycles. The lowest BCUT2D eigenvalue weighted by atomic mass is 10.1. The Morgan fingerprint density at radius 1 is 1.12 bits per heavy atom. The summed E-state index contributed by atoms with van der Waals surface area (Å²) in [6.45, 7) is 6.57. The number of rotatable bonds is 9. The van der Waals surface area contributed by atoms with Crippen LogP contribution in [-0.2, 0) is 4.79 Å². The second-order valence-corrected chi connectivity index (χ2v) is 6.15. The number of ether oxygens (including phenoxy) is 3. The summed E-state index contributed by atoms with van der Waals surface area (Å²) < 4.78 is 16.6. The van der Waals surface area contributed by atoms with Crippen molar-refractivity contribution in [3.8, 4) is 17.2 Å². The Morgan fingerprint density at radius 2 is 1.92 bits per heavy atom. The summed E-state index contributed by atoms with van der Waals surface area (Å²) in [6, 6.07) is 13.1. The van der Waals surface area contributed by atoms with Gasteiger partial charge in [0.25, 0.3) is 5.91 Å². The highest BCUT2D eigenvalue weighted by Crippen LogP contribution is 2.30. The van der Waals surface area contributed by atoms with Gasteiger partial charge >= 0.3 is 0 Å². The topological polar surface area (TPSA) is 56.8 Å². The molecule has 0 spiro atoms. The molecule has 1 unspecified atom stereocenters. The second-order valence-electron chi connectivity index (χ2n) is 6.15. The van der Waals surface area contributed by atoms with Gasteiger partial charge in [-0.1, -0.05) is 25.1 Å². The molecule has 1 amide bonds. The first-order chi connectivity index (χ1) is 12.5. The van der Waals surface area contributed by atoms with Crippen molar-refractivity contribution in [3.63, 3.8) is 0 Å². The Bertz CT molecular complexity index is 730. The normalized spacial score (nSPS) is 11.5. The Hall–Kier alpha value is -2.69. The maximum atomic E-state index is 12.2. The zero-order valence-corrected chi connectivity index (χ0v) is 15.9. The molecule has 0 aromatic heterocycles. The largest absolute Gasteiger partial charge is 0.493 e. The number of nitrogens with one attached hydrogen (secondary N) is 1. The first kappa shape index (κ1) is 19.6. The number of benzene rings is 2. The molecule has 140 valence electrons. The van der Waals surface area contributed by atoms with E-state index in [1.807, 2.05) is 56.3 Å². The van der Waals surface area contributed by atoms with Gasteiger partial charge in [0.1, 0.15) is 5.75 Å². The zero-order valence-electron chi connectivity index (χ0n) is 15.9. The van der Waals surface area contributed by atoms with Gasteiger partial charge in [0.15, 0.2) is 18.1 Å². The van der Waals surface area contributed by atoms with Crippen molar-refractivity contribution in [2.45, 2.75) is 33.2 Å². The van der Waals surface area contributed by atoms with Crippen molar-refractivity contribution in [2.75, 3.05) is 20.3 Å². The van der Waals surface area contributed by atoms with Crippen molar-refractivity contribution in [2.24, 2.45) is 0 Å². The molecule has 0 aliphatic rings. The monoisotopic (exact) mass is 357 g/mol. The number of amides is 1. The second kappa shape index (κ2) is 9.70. The molecule has 5 heteroatoms. The van der Waals surface area contributed by atoms with Crippen LogP contribution in [0.4, 0.5) is 0 Å². The third kappa shape index (κ3) is 5.69. The first-order valence-electron chi connectivity index (χ1n) is 8.83. The highest BCUT2D eigenvalue weighted by Gasteiger charge is 2.13. The molecule has 5 nitrogen and oxygen atoms in total. The fraction of sp³-hybridized carbons (Fsp3) is 0.381. The molecule has 26 heavy (non-hydrogen) atoms. The van der Waals surface area contributed by atoms with Gasteiger partial charge < -0.3 is 19.5 Å². The van der Waals surface area contributed by atoms with Crippen molar-refractivity contribution >= 4 is 5.91 Å². The molecule has 0 fully saturated rings. The van der Waals surface area contributed by atoms with E-state index in [0.29, 0.717) is 23.9 Å². The van der Waals surface area contributed by atoms with Crippen molar-refractivity contribution < 1.29 is 19.0 Å². The van der Waals surface area contributed by atoms with Crippen LogP contribution in [0, 0.1) is 6.92 Å². The standard InChI is InChI=1S/C21H27NO4/c1-5-11-25-19-10-9-17(13-20(19)24-4)16(3)22-21(23)14-26-18-8-6-7-15(2)12-18/h6-10,12-13,16H,5,11,14H2,1-4H3,(H,22,23). The minimum Gasteiger partial charge on any atom is -0.493 e. The van der Waals surface area contributed by atoms with E-state index in [2.05, 4.69) is 12.2 Å². The minimum atomic E-state index is -0.177. The highest BCUT2D eigenvalue weighted by molar-refractivity contribution is 5.78. The number of carbonyl (C=O) groups is 1. The van der Waals surface area contributed by atoms with E-state index in [-0.39, 0.29) is 18.6 Å². The lowest BCUT2D eigenvalue weighted by Crippen LogP contribution is -2.31. The zero-order chi connectivity index (χ0) is 18.9. The molecule has 0 radical (unpaired) electrons. The highest BCUT2D eigenvalue weighted by atomic mass is 16.5. The summed E-state index contributed by atoms with van der Waals surface area (Å²) in [5.74, 6) is 1.88. The molecule has 1 atom stereocenters. The quantitative estimate of drug-likeness (QED) is 0.736. The Labute approximate surface area is 155 Å². The number of hydrogen-bond donors (Lipinski definition) is 1. The predicted octanol–water partition coefficient (Wildman–Crippen LogP) is 4.05. The summed E-state index contributed by atoms with van der Waals surface area (Å²) in [7, 11) is 1.61. The molecule has 0 aliphatic carbocycles. The van der Waals surface area contributed by atoms with E-state index < -0.39 is 0 Å². The van der Waals surface area contributed by atoms with E-state index >= 15 is 0 Å².